The summed E-state index contributed by atoms with van der Waals surface area (Å²) in [6.07, 6.45) is 0. The highest BCUT2D eigenvalue weighted by Crippen LogP contribution is 2.25. The summed E-state index contributed by atoms with van der Waals surface area (Å²) >= 11 is 1.40. The maximum absolute atomic E-state index is 12.6. The molecule has 1 N–H and O–H groups in total. The number of para-hydroxylation sites is 3. The first-order valence-electron chi connectivity index (χ1n) is 9.02. The third-order valence-corrected chi connectivity index (χ3v) is 5.66. The predicted octanol–water partition coefficient (Wildman–Crippen LogP) is 5.08. The minimum Gasteiger partial charge on any atom is -0.488 e. The quantitative estimate of drug-likeness (QED) is 0.516. The van der Waals surface area contributed by atoms with Crippen molar-refractivity contribution in [1.82, 2.24) is 9.55 Å². The number of hydrogen-bond acceptors (Lipinski definition) is 4. The van der Waals surface area contributed by atoms with Crippen molar-refractivity contribution in [3.05, 3.63) is 75.5 Å². The molecule has 0 radical (unpaired) electrons. The number of imidazole rings is 1. The maximum atomic E-state index is 12.6. The lowest BCUT2D eigenvalue weighted by molar-refractivity contribution is 0.102. The second-order valence-corrected chi connectivity index (χ2v) is 7.68. The van der Waals surface area contributed by atoms with Crippen molar-refractivity contribution in [2.45, 2.75) is 20.5 Å². The molecule has 0 bridgehead atoms. The average molecular weight is 391 g/mol. The van der Waals surface area contributed by atoms with Crippen LogP contribution in [0.15, 0.2) is 53.9 Å². The third-order valence-electron chi connectivity index (χ3n) is 4.68. The second kappa shape index (κ2) is 7.48. The van der Waals surface area contributed by atoms with Crippen molar-refractivity contribution in [3.8, 4) is 5.75 Å². The number of thiophene rings is 1. The minimum atomic E-state index is -0.165. The lowest BCUT2D eigenvalue weighted by Gasteiger charge is -2.10. The molecule has 0 aliphatic carbocycles. The number of amides is 1. The van der Waals surface area contributed by atoms with Crippen molar-refractivity contribution < 1.29 is 9.53 Å². The van der Waals surface area contributed by atoms with E-state index < -0.39 is 0 Å². The Hall–Kier alpha value is -3.12. The third kappa shape index (κ3) is 3.51. The van der Waals surface area contributed by atoms with Gasteiger partial charge in [0.2, 0.25) is 5.95 Å². The van der Waals surface area contributed by atoms with Gasteiger partial charge in [-0.1, -0.05) is 30.3 Å². The van der Waals surface area contributed by atoms with Crippen LogP contribution in [0.1, 0.15) is 26.4 Å². The molecule has 0 unspecified atom stereocenters. The van der Waals surface area contributed by atoms with Crippen LogP contribution in [0, 0.1) is 13.8 Å². The van der Waals surface area contributed by atoms with Crippen LogP contribution in [0.25, 0.3) is 11.0 Å². The Kier molecular flexibility index (Phi) is 4.88. The van der Waals surface area contributed by atoms with E-state index in [1.807, 2.05) is 79.4 Å². The fourth-order valence-corrected chi connectivity index (χ4v) is 3.97. The summed E-state index contributed by atoms with van der Waals surface area (Å²) in [5, 5.41) is 4.86. The highest BCUT2D eigenvalue weighted by atomic mass is 32.1. The van der Waals surface area contributed by atoms with Gasteiger partial charge in [0.05, 0.1) is 15.9 Å². The van der Waals surface area contributed by atoms with Crippen molar-refractivity contribution in [3.63, 3.8) is 0 Å². The molecule has 0 aliphatic heterocycles. The van der Waals surface area contributed by atoms with Crippen LogP contribution < -0.4 is 10.1 Å². The van der Waals surface area contributed by atoms with Gasteiger partial charge in [0.1, 0.15) is 12.4 Å². The van der Waals surface area contributed by atoms with Gasteiger partial charge in [-0.15, -0.1) is 11.3 Å². The van der Waals surface area contributed by atoms with Gasteiger partial charge in [-0.05, 0) is 48.6 Å². The summed E-state index contributed by atoms with van der Waals surface area (Å²) in [5.41, 5.74) is 5.02. The number of rotatable bonds is 5. The number of benzene rings is 2. The van der Waals surface area contributed by atoms with Crippen LogP contribution in [0.3, 0.4) is 0 Å². The average Bonchev–Trinajstić information content (AvgIpc) is 3.27. The summed E-state index contributed by atoms with van der Waals surface area (Å²) in [6, 6.07) is 15.8. The topological polar surface area (TPSA) is 56.1 Å². The molecule has 0 fully saturated rings. The number of nitrogens with zero attached hydrogens (tertiary/aromatic N) is 2. The van der Waals surface area contributed by atoms with E-state index in [0.717, 1.165) is 33.5 Å². The van der Waals surface area contributed by atoms with Crippen molar-refractivity contribution in [2.24, 2.45) is 7.05 Å². The summed E-state index contributed by atoms with van der Waals surface area (Å²) in [5.74, 6) is 1.27. The van der Waals surface area contributed by atoms with Gasteiger partial charge in [0, 0.05) is 12.6 Å². The molecule has 28 heavy (non-hydrogen) atoms. The van der Waals surface area contributed by atoms with Crippen LogP contribution >= 0.6 is 11.3 Å². The molecule has 142 valence electrons. The summed E-state index contributed by atoms with van der Waals surface area (Å²) < 4.78 is 7.86. The van der Waals surface area contributed by atoms with Crippen molar-refractivity contribution >= 4 is 34.2 Å². The van der Waals surface area contributed by atoms with Crippen molar-refractivity contribution in [1.29, 1.82) is 0 Å². The number of hydrogen-bond donors (Lipinski definition) is 1. The Morgan fingerprint density at radius 2 is 1.89 bits per heavy atom. The number of nitrogens with one attached hydrogen (secondary N) is 1. The van der Waals surface area contributed by atoms with E-state index >= 15 is 0 Å². The maximum Gasteiger partial charge on any atom is 0.268 e. The fourth-order valence-electron chi connectivity index (χ4n) is 3.17. The van der Waals surface area contributed by atoms with Gasteiger partial charge in [-0.25, -0.2) is 4.98 Å². The first-order valence-corrected chi connectivity index (χ1v) is 9.90. The van der Waals surface area contributed by atoms with Gasteiger partial charge < -0.3 is 9.30 Å². The molecule has 2 aromatic carbocycles. The summed E-state index contributed by atoms with van der Waals surface area (Å²) in [4.78, 5) is 17.8. The standard InChI is InChI=1S/C22H21N3O2S/c1-14-7-6-8-15(2)20(14)27-12-16-11-19(28-13-16)21(26)24-22-23-17-9-4-5-10-18(17)25(22)3/h4-11,13H,12H2,1-3H3,(H,23,24,26). The highest BCUT2D eigenvalue weighted by molar-refractivity contribution is 7.12. The molecular weight excluding hydrogens is 370 g/mol. The van der Waals surface area contributed by atoms with Crippen LogP contribution in [-0.4, -0.2) is 15.5 Å². The fraction of sp³-hybridized carbons (Fsp3) is 0.182. The smallest absolute Gasteiger partial charge is 0.268 e. The molecule has 5 nitrogen and oxygen atoms in total. The highest BCUT2D eigenvalue weighted by Gasteiger charge is 2.14. The van der Waals surface area contributed by atoms with Gasteiger partial charge >= 0.3 is 0 Å². The molecule has 4 rings (SSSR count). The Balaban J connectivity index is 1.46. The number of carbonyl (C=O) groups is 1. The van der Waals surface area contributed by atoms with E-state index in [4.69, 9.17) is 4.74 Å². The minimum absolute atomic E-state index is 0.165. The zero-order valence-corrected chi connectivity index (χ0v) is 16.8. The molecule has 0 atom stereocenters. The summed E-state index contributed by atoms with van der Waals surface area (Å²) in [7, 11) is 1.89. The number of anilines is 1. The lowest BCUT2D eigenvalue weighted by atomic mass is 10.1. The normalized spacial score (nSPS) is 11.0. The second-order valence-electron chi connectivity index (χ2n) is 6.77. The molecule has 2 aromatic heterocycles. The Morgan fingerprint density at radius 3 is 2.64 bits per heavy atom. The van der Waals surface area contributed by atoms with Crippen LogP contribution in [0.2, 0.25) is 0 Å². The zero-order chi connectivity index (χ0) is 19.7. The molecule has 0 spiro atoms. The van der Waals surface area contributed by atoms with Gasteiger partial charge in [0.15, 0.2) is 0 Å². The molecule has 4 aromatic rings. The number of ether oxygens (including phenoxy) is 1. The number of fused-ring (bicyclic) bond motifs is 1. The van der Waals surface area contributed by atoms with Gasteiger partial charge in [-0.2, -0.15) is 0 Å². The molecule has 0 saturated heterocycles. The first kappa shape index (κ1) is 18.3. The SMILES string of the molecule is Cc1cccc(C)c1OCc1csc(C(=O)Nc2nc3ccccc3n2C)c1. The molecular formula is C22H21N3O2S. The molecule has 0 aliphatic rings. The predicted molar refractivity (Wildman–Crippen MR) is 113 cm³/mol. The number of aromatic nitrogens is 2. The Bertz CT molecular complexity index is 1140. The first-order chi connectivity index (χ1) is 13.5. The van der Waals surface area contributed by atoms with Gasteiger partial charge in [-0.3, -0.25) is 10.1 Å². The van der Waals surface area contributed by atoms with Crippen LogP contribution in [-0.2, 0) is 13.7 Å². The zero-order valence-electron chi connectivity index (χ0n) is 16.0. The van der Waals surface area contributed by atoms with E-state index in [1.165, 1.54) is 11.3 Å². The molecule has 0 saturated carbocycles. The van der Waals surface area contributed by atoms with E-state index in [1.54, 1.807) is 0 Å². The van der Waals surface area contributed by atoms with E-state index in [-0.39, 0.29) is 5.91 Å². The Morgan fingerprint density at radius 1 is 1.14 bits per heavy atom. The van der Waals surface area contributed by atoms with E-state index in [9.17, 15) is 4.79 Å². The number of carbonyl (C=O) groups excluding carboxylic acids is 1. The van der Waals surface area contributed by atoms with Crippen LogP contribution in [0.5, 0.6) is 5.75 Å². The number of aryl methyl sites for hydroxylation is 3. The van der Waals surface area contributed by atoms with E-state index in [2.05, 4.69) is 10.3 Å². The summed E-state index contributed by atoms with van der Waals surface area (Å²) in [6.45, 7) is 4.50. The Labute approximate surface area is 167 Å². The van der Waals surface area contributed by atoms with E-state index in [0.29, 0.717) is 17.4 Å². The largest absolute Gasteiger partial charge is 0.488 e. The van der Waals surface area contributed by atoms with Crippen LogP contribution in [0.4, 0.5) is 5.95 Å². The molecule has 2 heterocycles. The molecule has 1 amide bonds. The monoisotopic (exact) mass is 391 g/mol. The van der Waals surface area contributed by atoms with Gasteiger partial charge in [0.25, 0.3) is 5.91 Å². The van der Waals surface area contributed by atoms with Crippen molar-refractivity contribution in [2.75, 3.05) is 5.32 Å². The molecule has 6 heteroatoms. The lowest BCUT2D eigenvalue weighted by Crippen LogP contribution is -2.13.